The minimum Gasteiger partial charge on any atom is -0.486 e. The molecule has 0 saturated heterocycles. The van der Waals surface area contributed by atoms with E-state index in [1.165, 1.54) is 17.5 Å². The number of aliphatic imine (C=N–C) groups is 1. The predicted octanol–water partition coefficient (Wildman–Crippen LogP) is 4.33. The molecule has 0 spiro atoms. The van der Waals surface area contributed by atoms with Gasteiger partial charge < -0.3 is 9.47 Å². The molecule has 1 aliphatic heterocycles. The minimum absolute atomic E-state index is 0.0120. The lowest BCUT2D eigenvalue weighted by molar-refractivity contribution is 0.169. The Hall–Kier alpha value is -2.34. The summed E-state index contributed by atoms with van der Waals surface area (Å²) >= 11 is 0. The number of nitrogens with zero attached hydrogens (tertiary/aromatic N) is 1. The Kier molecular flexibility index (Phi) is 5.15. The Bertz CT molecular complexity index is 996. The van der Waals surface area contributed by atoms with Gasteiger partial charge in [-0.25, -0.2) is 8.42 Å². The van der Waals surface area contributed by atoms with Gasteiger partial charge in [0.1, 0.15) is 13.2 Å². The molecular formula is C22H25NO4S. The first-order valence-electron chi connectivity index (χ1n) is 9.66. The monoisotopic (exact) mass is 399 g/mol. The minimum atomic E-state index is -3.15. The summed E-state index contributed by atoms with van der Waals surface area (Å²) in [7, 11) is -3.15. The molecule has 1 fully saturated rings. The van der Waals surface area contributed by atoms with E-state index >= 15 is 0 Å². The zero-order chi connectivity index (χ0) is 19.7. The summed E-state index contributed by atoms with van der Waals surface area (Å²) in [5, 5.41) is 0. The van der Waals surface area contributed by atoms with Crippen molar-refractivity contribution in [3.05, 3.63) is 53.6 Å². The van der Waals surface area contributed by atoms with Crippen LogP contribution in [-0.2, 0) is 9.84 Å². The van der Waals surface area contributed by atoms with E-state index in [1.54, 1.807) is 12.1 Å². The number of ether oxygens (including phenoxy) is 2. The molecule has 1 saturated carbocycles. The van der Waals surface area contributed by atoms with Crippen molar-refractivity contribution in [3.8, 4) is 11.5 Å². The van der Waals surface area contributed by atoms with E-state index in [4.69, 9.17) is 14.5 Å². The van der Waals surface area contributed by atoms with Crippen LogP contribution in [0.25, 0.3) is 0 Å². The van der Waals surface area contributed by atoms with Crippen molar-refractivity contribution in [1.82, 2.24) is 0 Å². The zero-order valence-corrected chi connectivity index (χ0v) is 17.0. The van der Waals surface area contributed by atoms with Gasteiger partial charge in [0.05, 0.1) is 10.9 Å². The zero-order valence-electron chi connectivity index (χ0n) is 16.2. The van der Waals surface area contributed by atoms with Crippen molar-refractivity contribution in [1.29, 1.82) is 0 Å². The summed E-state index contributed by atoms with van der Waals surface area (Å²) in [5.74, 6) is 2.01. The fraction of sp³-hybridized carbons (Fsp3) is 0.409. The maximum Gasteiger partial charge on any atom is 0.175 e. The highest BCUT2D eigenvalue weighted by Gasteiger charge is 2.25. The van der Waals surface area contributed by atoms with Crippen LogP contribution in [0.1, 0.15) is 49.3 Å². The number of rotatable bonds is 4. The highest BCUT2D eigenvalue weighted by Crippen LogP contribution is 2.39. The molecular weight excluding hydrogens is 374 g/mol. The molecule has 6 heteroatoms. The average molecular weight is 400 g/mol. The molecule has 5 nitrogen and oxygen atoms in total. The van der Waals surface area contributed by atoms with E-state index in [2.05, 4.69) is 13.0 Å². The number of sulfone groups is 1. The van der Waals surface area contributed by atoms with Crippen molar-refractivity contribution < 1.29 is 17.9 Å². The smallest absolute Gasteiger partial charge is 0.175 e. The summed E-state index contributed by atoms with van der Waals surface area (Å²) < 4.78 is 34.8. The van der Waals surface area contributed by atoms with E-state index < -0.39 is 9.84 Å². The number of fused-ring (bicyclic) bond motifs is 1. The Balaban J connectivity index is 1.49. The van der Waals surface area contributed by atoms with E-state index in [0.29, 0.717) is 24.0 Å². The van der Waals surface area contributed by atoms with Gasteiger partial charge in [0.25, 0.3) is 0 Å². The third-order valence-corrected chi connectivity index (χ3v) is 6.59. The van der Waals surface area contributed by atoms with Gasteiger partial charge in [-0.3, -0.25) is 4.99 Å². The first kappa shape index (κ1) is 19.0. The van der Waals surface area contributed by atoms with Crippen molar-refractivity contribution in [3.63, 3.8) is 0 Å². The molecule has 1 heterocycles. The first-order chi connectivity index (χ1) is 13.4. The molecule has 1 aliphatic carbocycles. The second-order valence-corrected chi connectivity index (χ2v) is 9.54. The third kappa shape index (κ3) is 3.92. The lowest BCUT2D eigenvalue weighted by Gasteiger charge is -2.22. The lowest BCUT2D eigenvalue weighted by atomic mass is 9.98. The second-order valence-electron chi connectivity index (χ2n) is 7.52. The van der Waals surface area contributed by atoms with Crippen molar-refractivity contribution in [2.75, 3.05) is 19.5 Å². The molecule has 2 aliphatic rings. The number of hydrogen-bond acceptors (Lipinski definition) is 5. The van der Waals surface area contributed by atoms with Gasteiger partial charge in [-0.2, -0.15) is 0 Å². The topological polar surface area (TPSA) is 65.0 Å². The van der Waals surface area contributed by atoms with E-state index in [-0.39, 0.29) is 6.04 Å². The number of hydrogen-bond donors (Lipinski definition) is 0. The summed E-state index contributed by atoms with van der Waals surface area (Å²) in [4.78, 5) is 5.34. The molecule has 0 N–H and O–H groups in total. The Morgan fingerprint density at radius 1 is 1.07 bits per heavy atom. The van der Waals surface area contributed by atoms with Crippen LogP contribution in [0.4, 0.5) is 0 Å². The summed E-state index contributed by atoms with van der Waals surface area (Å²) in [5.41, 5.74) is 3.45. The quantitative estimate of drug-likeness (QED) is 0.768. The molecule has 0 amide bonds. The highest BCUT2D eigenvalue weighted by atomic mass is 32.2. The van der Waals surface area contributed by atoms with Crippen LogP contribution in [0.2, 0.25) is 0 Å². The van der Waals surface area contributed by atoms with Gasteiger partial charge in [-0.05, 0) is 55.9 Å². The molecule has 0 unspecified atom stereocenters. The summed E-state index contributed by atoms with van der Waals surface area (Å²) in [6, 6.07) is 13.3. The molecule has 148 valence electrons. The third-order valence-electron chi connectivity index (χ3n) is 5.47. The highest BCUT2D eigenvalue weighted by molar-refractivity contribution is 7.90. The molecule has 0 bridgehead atoms. The molecule has 4 rings (SSSR count). The fourth-order valence-corrected chi connectivity index (χ4v) is 4.62. The Morgan fingerprint density at radius 2 is 1.82 bits per heavy atom. The predicted molar refractivity (Wildman–Crippen MR) is 109 cm³/mol. The van der Waals surface area contributed by atoms with Gasteiger partial charge in [0, 0.05) is 17.5 Å². The average Bonchev–Trinajstić information content (AvgIpc) is 3.15. The molecule has 2 atom stereocenters. The van der Waals surface area contributed by atoms with E-state index in [9.17, 15) is 8.42 Å². The Labute approximate surface area is 166 Å². The lowest BCUT2D eigenvalue weighted by Crippen LogP contribution is -2.17. The van der Waals surface area contributed by atoms with Crippen LogP contribution in [0.3, 0.4) is 0 Å². The van der Waals surface area contributed by atoms with Crippen molar-refractivity contribution in [2.24, 2.45) is 4.99 Å². The largest absolute Gasteiger partial charge is 0.486 e. The first-order valence-corrected chi connectivity index (χ1v) is 11.5. The van der Waals surface area contributed by atoms with Gasteiger partial charge in [-0.1, -0.05) is 24.3 Å². The molecule has 2 aromatic rings. The van der Waals surface area contributed by atoms with Crippen LogP contribution in [-0.4, -0.2) is 33.6 Å². The Morgan fingerprint density at radius 3 is 2.57 bits per heavy atom. The number of para-hydroxylation sites is 1. The van der Waals surface area contributed by atoms with Crippen LogP contribution >= 0.6 is 0 Å². The van der Waals surface area contributed by atoms with E-state index in [0.717, 1.165) is 36.3 Å². The van der Waals surface area contributed by atoms with Crippen molar-refractivity contribution in [2.45, 2.75) is 43.0 Å². The van der Waals surface area contributed by atoms with Crippen LogP contribution in [0.15, 0.2) is 52.4 Å². The standard InChI is InChI=1S/C22H25NO4S/c1-15(20-4-3-5-21-22(20)27-13-12-26-21)23-18-9-6-17(14-18)16-7-10-19(11-8-16)28(2,24)25/h3-5,7-8,10-11,15,17H,6,9,12-14H2,1-2H3/t15-,17+/m1/s1. The maximum atomic E-state index is 11.6. The molecule has 2 aromatic carbocycles. The van der Waals surface area contributed by atoms with Gasteiger partial charge in [0.2, 0.25) is 0 Å². The SMILES string of the molecule is C[C@@H](N=C1CC[C@H](c2ccc(S(C)(=O)=O)cc2)C1)c1cccc2c1OCCO2. The van der Waals surface area contributed by atoms with Gasteiger partial charge >= 0.3 is 0 Å². The van der Waals surface area contributed by atoms with Gasteiger partial charge in [-0.15, -0.1) is 0 Å². The molecule has 0 radical (unpaired) electrons. The maximum absolute atomic E-state index is 11.6. The summed E-state index contributed by atoms with van der Waals surface area (Å²) in [6.07, 6.45) is 4.15. The van der Waals surface area contributed by atoms with Crippen LogP contribution in [0, 0.1) is 0 Å². The molecule has 28 heavy (non-hydrogen) atoms. The summed E-state index contributed by atoms with van der Waals surface area (Å²) in [6.45, 7) is 3.24. The van der Waals surface area contributed by atoms with Crippen LogP contribution < -0.4 is 9.47 Å². The van der Waals surface area contributed by atoms with E-state index in [1.807, 2.05) is 24.3 Å². The normalized spacial score (nSPS) is 21.6. The number of benzene rings is 2. The van der Waals surface area contributed by atoms with Crippen LogP contribution in [0.5, 0.6) is 11.5 Å². The fourth-order valence-electron chi connectivity index (χ4n) is 3.99. The molecule has 0 aromatic heterocycles. The van der Waals surface area contributed by atoms with Gasteiger partial charge in [0.15, 0.2) is 21.3 Å². The second kappa shape index (κ2) is 7.59. The van der Waals surface area contributed by atoms with Crippen molar-refractivity contribution >= 4 is 15.5 Å².